The molecule has 1 amide bonds. The topological polar surface area (TPSA) is 60.5 Å². The third-order valence-corrected chi connectivity index (χ3v) is 4.78. The third-order valence-electron chi connectivity index (χ3n) is 4.29. The summed E-state index contributed by atoms with van der Waals surface area (Å²) in [5.74, 6) is 1.26. The number of halogens is 1. The molecule has 0 atom stereocenters. The summed E-state index contributed by atoms with van der Waals surface area (Å²) in [4.78, 5) is 17.2. The number of aromatic nitrogens is 1. The number of carbonyl (C=O) groups is 1. The molecule has 0 aliphatic heterocycles. The number of nitrogens with zero attached hydrogens (tertiary/aromatic N) is 1. The summed E-state index contributed by atoms with van der Waals surface area (Å²) in [5.41, 5.74) is 3.32. The van der Waals surface area contributed by atoms with Gasteiger partial charge in [-0.2, -0.15) is 0 Å². The van der Waals surface area contributed by atoms with Crippen molar-refractivity contribution in [2.45, 2.75) is 13.3 Å². The van der Waals surface area contributed by atoms with Crippen LogP contribution in [0.15, 0.2) is 46.9 Å². The Balaban J connectivity index is 1.73. The Morgan fingerprint density at radius 1 is 1.07 bits per heavy atom. The number of pyridine rings is 1. The van der Waals surface area contributed by atoms with Gasteiger partial charge in [-0.15, -0.1) is 0 Å². The Hall–Kier alpha value is -2.60. The highest BCUT2D eigenvalue weighted by molar-refractivity contribution is 9.10. The second-order valence-corrected chi connectivity index (χ2v) is 7.08. The van der Waals surface area contributed by atoms with Crippen LogP contribution in [0.1, 0.15) is 21.6 Å². The van der Waals surface area contributed by atoms with Crippen molar-refractivity contribution in [2.24, 2.45) is 0 Å². The van der Waals surface area contributed by atoms with Gasteiger partial charge in [0.2, 0.25) is 0 Å². The van der Waals surface area contributed by atoms with Crippen molar-refractivity contribution in [2.75, 3.05) is 20.8 Å². The van der Waals surface area contributed by atoms with Gasteiger partial charge in [-0.1, -0.05) is 22.0 Å². The van der Waals surface area contributed by atoms with E-state index in [0.717, 1.165) is 26.6 Å². The largest absolute Gasteiger partial charge is 0.493 e. The highest BCUT2D eigenvalue weighted by Gasteiger charge is 2.12. The number of methoxy groups -OCH3 is 2. The molecule has 6 heteroatoms. The van der Waals surface area contributed by atoms with Crippen LogP contribution in [0, 0.1) is 6.92 Å². The number of ether oxygens (including phenoxy) is 2. The van der Waals surface area contributed by atoms with E-state index < -0.39 is 0 Å². The van der Waals surface area contributed by atoms with Crippen LogP contribution < -0.4 is 14.8 Å². The van der Waals surface area contributed by atoms with Gasteiger partial charge >= 0.3 is 0 Å². The Kier molecular flexibility index (Phi) is 5.96. The summed E-state index contributed by atoms with van der Waals surface area (Å²) in [6.07, 6.45) is 0.692. The van der Waals surface area contributed by atoms with Crippen molar-refractivity contribution in [1.29, 1.82) is 0 Å². The second kappa shape index (κ2) is 8.39. The molecular weight excluding hydrogens is 408 g/mol. The maximum Gasteiger partial charge on any atom is 0.252 e. The minimum Gasteiger partial charge on any atom is -0.493 e. The lowest BCUT2D eigenvalue weighted by molar-refractivity contribution is 0.0955. The van der Waals surface area contributed by atoms with Crippen molar-refractivity contribution in [3.05, 3.63) is 63.8 Å². The fourth-order valence-corrected chi connectivity index (χ4v) is 3.33. The molecule has 0 saturated carbocycles. The summed E-state index contributed by atoms with van der Waals surface area (Å²) in [7, 11) is 3.22. The van der Waals surface area contributed by atoms with Gasteiger partial charge in [0.25, 0.3) is 5.91 Å². The van der Waals surface area contributed by atoms with Crippen molar-refractivity contribution < 1.29 is 14.3 Å². The van der Waals surface area contributed by atoms with E-state index in [9.17, 15) is 4.79 Å². The second-order valence-electron chi connectivity index (χ2n) is 6.17. The SMILES string of the molecule is COc1ccc(CCNC(=O)c2cc(C)nc3ccc(Br)cc23)cc1OC. The summed E-state index contributed by atoms with van der Waals surface area (Å²) in [6.45, 7) is 2.41. The zero-order valence-electron chi connectivity index (χ0n) is 15.5. The minimum atomic E-state index is -0.107. The van der Waals surface area contributed by atoms with Crippen LogP contribution in [-0.2, 0) is 6.42 Å². The quantitative estimate of drug-likeness (QED) is 0.635. The summed E-state index contributed by atoms with van der Waals surface area (Å²) in [5, 5.41) is 3.83. The number of amides is 1. The lowest BCUT2D eigenvalue weighted by Crippen LogP contribution is -2.26. The van der Waals surface area contributed by atoms with Gasteiger partial charge in [0.05, 0.1) is 25.3 Å². The molecule has 3 rings (SSSR count). The molecule has 2 aromatic carbocycles. The van der Waals surface area contributed by atoms with Crippen LogP contribution in [-0.4, -0.2) is 31.7 Å². The van der Waals surface area contributed by atoms with Crippen LogP contribution in [0.5, 0.6) is 11.5 Å². The zero-order chi connectivity index (χ0) is 19.4. The minimum absolute atomic E-state index is 0.107. The van der Waals surface area contributed by atoms with Crippen LogP contribution in [0.4, 0.5) is 0 Å². The number of carbonyl (C=O) groups excluding carboxylic acids is 1. The standard InChI is InChI=1S/C21H21BrN2O3/c1-13-10-17(16-12-15(22)5-6-18(16)24-13)21(25)23-9-8-14-4-7-19(26-2)20(11-14)27-3/h4-7,10-12H,8-9H2,1-3H3,(H,23,25). The average molecular weight is 429 g/mol. The molecule has 0 aliphatic rings. The maximum atomic E-state index is 12.7. The number of fused-ring (bicyclic) bond motifs is 1. The van der Waals surface area contributed by atoms with Crippen molar-refractivity contribution >= 4 is 32.7 Å². The first-order valence-electron chi connectivity index (χ1n) is 8.58. The van der Waals surface area contributed by atoms with Gasteiger partial charge in [-0.05, 0) is 55.3 Å². The molecule has 27 heavy (non-hydrogen) atoms. The molecule has 0 unspecified atom stereocenters. The number of hydrogen-bond donors (Lipinski definition) is 1. The smallest absolute Gasteiger partial charge is 0.252 e. The molecule has 1 N–H and O–H groups in total. The molecule has 0 radical (unpaired) electrons. The molecule has 0 fully saturated rings. The van der Waals surface area contributed by atoms with Gasteiger partial charge in [0.15, 0.2) is 11.5 Å². The first kappa shape index (κ1) is 19.2. The highest BCUT2D eigenvalue weighted by Crippen LogP contribution is 2.27. The van der Waals surface area contributed by atoms with Crippen molar-refractivity contribution in [3.63, 3.8) is 0 Å². The molecule has 3 aromatic rings. The number of aryl methyl sites for hydroxylation is 1. The molecule has 140 valence electrons. The van der Waals surface area contributed by atoms with Crippen LogP contribution in [0.25, 0.3) is 10.9 Å². The molecule has 0 saturated heterocycles. The van der Waals surface area contributed by atoms with E-state index in [1.165, 1.54) is 0 Å². The highest BCUT2D eigenvalue weighted by atomic mass is 79.9. The molecule has 5 nitrogen and oxygen atoms in total. The predicted octanol–water partition coefficient (Wildman–Crippen LogP) is 4.30. The van der Waals surface area contributed by atoms with E-state index in [4.69, 9.17) is 9.47 Å². The first-order chi connectivity index (χ1) is 13.0. The van der Waals surface area contributed by atoms with Gasteiger partial charge in [0, 0.05) is 22.1 Å². The fourth-order valence-electron chi connectivity index (χ4n) is 2.97. The monoisotopic (exact) mass is 428 g/mol. The van der Waals surface area contributed by atoms with Gasteiger partial charge in [-0.25, -0.2) is 0 Å². The predicted molar refractivity (Wildman–Crippen MR) is 110 cm³/mol. The van der Waals surface area contributed by atoms with E-state index >= 15 is 0 Å². The van der Waals surface area contributed by atoms with Crippen molar-refractivity contribution in [3.8, 4) is 11.5 Å². The third kappa shape index (κ3) is 4.39. The molecule has 1 aromatic heterocycles. The molecule has 0 spiro atoms. The van der Waals surface area contributed by atoms with E-state index in [0.29, 0.717) is 30.0 Å². The molecule has 0 bridgehead atoms. The van der Waals surface area contributed by atoms with Crippen molar-refractivity contribution in [1.82, 2.24) is 10.3 Å². The van der Waals surface area contributed by atoms with E-state index in [-0.39, 0.29) is 5.91 Å². The Morgan fingerprint density at radius 3 is 2.59 bits per heavy atom. The number of nitrogens with one attached hydrogen (secondary N) is 1. The number of benzene rings is 2. The molecule has 1 heterocycles. The Morgan fingerprint density at radius 2 is 1.85 bits per heavy atom. The summed E-state index contributed by atoms with van der Waals surface area (Å²) >= 11 is 3.46. The van der Waals surface area contributed by atoms with E-state index in [2.05, 4.69) is 26.2 Å². The fraction of sp³-hybridized carbons (Fsp3) is 0.238. The van der Waals surface area contributed by atoms with Crippen LogP contribution in [0.2, 0.25) is 0 Å². The Labute approximate surface area is 166 Å². The normalized spacial score (nSPS) is 10.7. The lowest BCUT2D eigenvalue weighted by atomic mass is 10.1. The van der Waals surface area contributed by atoms with E-state index in [1.54, 1.807) is 14.2 Å². The van der Waals surface area contributed by atoms with Gasteiger partial charge in [-0.3, -0.25) is 9.78 Å². The zero-order valence-corrected chi connectivity index (χ0v) is 17.1. The van der Waals surface area contributed by atoms with Gasteiger partial charge in [0.1, 0.15) is 0 Å². The number of hydrogen-bond acceptors (Lipinski definition) is 4. The average Bonchev–Trinajstić information content (AvgIpc) is 2.67. The van der Waals surface area contributed by atoms with Crippen LogP contribution >= 0.6 is 15.9 Å². The maximum absolute atomic E-state index is 12.7. The summed E-state index contributed by atoms with van der Waals surface area (Å²) < 4.78 is 11.5. The van der Waals surface area contributed by atoms with Gasteiger partial charge < -0.3 is 14.8 Å². The van der Waals surface area contributed by atoms with E-state index in [1.807, 2.05) is 49.4 Å². The Bertz CT molecular complexity index is 989. The number of rotatable bonds is 6. The first-order valence-corrected chi connectivity index (χ1v) is 9.37. The summed E-state index contributed by atoms with van der Waals surface area (Å²) in [6, 6.07) is 13.3. The van der Waals surface area contributed by atoms with Crippen LogP contribution in [0.3, 0.4) is 0 Å². The molecule has 0 aliphatic carbocycles. The lowest BCUT2D eigenvalue weighted by Gasteiger charge is -2.11. The molecular formula is C21H21BrN2O3.